The number of carbonyl (C=O) groups excluding carboxylic acids is 1. The number of primary amides is 1. The molecule has 0 aliphatic heterocycles. The second-order valence-corrected chi connectivity index (χ2v) is 5.03. The van der Waals surface area contributed by atoms with Crippen LogP contribution in [0.5, 0.6) is 0 Å². The molecule has 1 amide bonds. The predicted octanol–water partition coefficient (Wildman–Crippen LogP) is 2.32. The van der Waals surface area contributed by atoms with Gasteiger partial charge in [0.2, 0.25) is 5.91 Å². The van der Waals surface area contributed by atoms with E-state index in [1.807, 2.05) is 6.92 Å². The Labute approximate surface area is 80.9 Å². The van der Waals surface area contributed by atoms with E-state index in [0.29, 0.717) is 11.8 Å². The molecule has 0 aromatic rings. The van der Waals surface area contributed by atoms with E-state index >= 15 is 0 Å². The highest BCUT2D eigenvalue weighted by atomic mass is 16.1. The number of carbonyl (C=O) groups is 1. The van der Waals surface area contributed by atoms with E-state index < -0.39 is 0 Å². The van der Waals surface area contributed by atoms with Crippen molar-refractivity contribution in [3.8, 4) is 0 Å². The van der Waals surface area contributed by atoms with Gasteiger partial charge in [0.1, 0.15) is 0 Å². The van der Waals surface area contributed by atoms with E-state index in [1.165, 1.54) is 6.42 Å². The van der Waals surface area contributed by atoms with Gasteiger partial charge in [0.05, 0.1) is 0 Å². The monoisotopic (exact) mass is 183 g/mol. The van der Waals surface area contributed by atoms with Crippen molar-refractivity contribution in [2.75, 3.05) is 0 Å². The van der Waals surface area contributed by atoms with Gasteiger partial charge >= 0.3 is 0 Å². The van der Waals surface area contributed by atoms with E-state index in [-0.39, 0.29) is 11.3 Å². The van der Waals surface area contributed by atoms with Crippen LogP contribution in [0.1, 0.15) is 46.5 Å². The Balaban J connectivity index is 2.65. The minimum absolute atomic E-state index is 0.113. The number of rotatable bonds is 2. The van der Waals surface area contributed by atoms with Crippen molar-refractivity contribution in [1.29, 1.82) is 0 Å². The van der Waals surface area contributed by atoms with Crippen LogP contribution >= 0.6 is 0 Å². The van der Waals surface area contributed by atoms with Crippen LogP contribution in [0.4, 0.5) is 0 Å². The first-order chi connectivity index (χ1) is 5.96. The van der Waals surface area contributed by atoms with Crippen LogP contribution < -0.4 is 5.73 Å². The van der Waals surface area contributed by atoms with Crippen LogP contribution in [0.3, 0.4) is 0 Å². The summed E-state index contributed by atoms with van der Waals surface area (Å²) >= 11 is 0. The summed E-state index contributed by atoms with van der Waals surface area (Å²) in [5.41, 5.74) is 5.20. The van der Waals surface area contributed by atoms with Gasteiger partial charge in [-0.15, -0.1) is 0 Å². The summed E-state index contributed by atoms with van der Waals surface area (Å²) in [7, 11) is 0. The van der Waals surface area contributed by atoms with Crippen molar-refractivity contribution >= 4 is 5.91 Å². The summed E-state index contributed by atoms with van der Waals surface area (Å²) in [6, 6.07) is 0. The van der Waals surface area contributed by atoms with Crippen molar-refractivity contribution in [2.24, 2.45) is 23.0 Å². The molecule has 2 N–H and O–H groups in total. The molecular weight excluding hydrogens is 162 g/mol. The van der Waals surface area contributed by atoms with E-state index in [0.717, 1.165) is 19.3 Å². The van der Waals surface area contributed by atoms with Gasteiger partial charge in [-0.1, -0.05) is 33.6 Å². The van der Waals surface area contributed by atoms with Gasteiger partial charge in [-0.3, -0.25) is 4.79 Å². The third-order valence-electron chi connectivity index (χ3n) is 3.55. The zero-order valence-corrected chi connectivity index (χ0v) is 8.97. The van der Waals surface area contributed by atoms with Crippen molar-refractivity contribution in [2.45, 2.75) is 46.5 Å². The molecule has 2 nitrogen and oxygen atoms in total. The Morgan fingerprint density at radius 2 is 2.15 bits per heavy atom. The third kappa shape index (κ3) is 2.23. The summed E-state index contributed by atoms with van der Waals surface area (Å²) in [5, 5.41) is 0. The topological polar surface area (TPSA) is 43.1 Å². The van der Waals surface area contributed by atoms with E-state index in [9.17, 15) is 4.79 Å². The normalized spacial score (nSPS) is 34.9. The first kappa shape index (κ1) is 10.6. The quantitative estimate of drug-likeness (QED) is 0.701. The first-order valence-corrected chi connectivity index (χ1v) is 5.25. The highest BCUT2D eigenvalue weighted by Gasteiger charge is 2.37. The highest BCUT2D eigenvalue weighted by Crippen LogP contribution is 2.41. The largest absolute Gasteiger partial charge is 0.369 e. The summed E-state index contributed by atoms with van der Waals surface area (Å²) in [5.74, 6) is 1.25. The van der Waals surface area contributed by atoms with Gasteiger partial charge in [0.25, 0.3) is 0 Å². The van der Waals surface area contributed by atoms with Crippen LogP contribution in [0.25, 0.3) is 0 Å². The molecule has 2 atom stereocenters. The molecule has 0 radical (unpaired) electrons. The number of hydrogen-bond acceptors (Lipinski definition) is 1. The zero-order valence-electron chi connectivity index (χ0n) is 8.97. The van der Waals surface area contributed by atoms with Crippen LogP contribution in [0, 0.1) is 17.3 Å². The zero-order chi connectivity index (χ0) is 10.1. The highest BCUT2D eigenvalue weighted by molar-refractivity contribution is 5.80. The van der Waals surface area contributed by atoms with Gasteiger partial charge in [-0.2, -0.15) is 0 Å². The average Bonchev–Trinajstić information content (AvgIpc) is 2.04. The van der Waals surface area contributed by atoms with Crippen LogP contribution in [0.15, 0.2) is 0 Å². The predicted molar refractivity (Wildman–Crippen MR) is 54.1 cm³/mol. The number of nitrogens with two attached hydrogens (primary N) is 1. The van der Waals surface area contributed by atoms with Crippen molar-refractivity contribution in [1.82, 2.24) is 0 Å². The molecule has 1 aliphatic rings. The molecular formula is C11H21NO. The van der Waals surface area contributed by atoms with Gasteiger partial charge in [-0.25, -0.2) is 0 Å². The molecule has 1 rings (SSSR count). The van der Waals surface area contributed by atoms with Crippen molar-refractivity contribution < 1.29 is 4.79 Å². The summed E-state index contributed by atoms with van der Waals surface area (Å²) < 4.78 is 0. The smallest absolute Gasteiger partial charge is 0.223 e. The second kappa shape index (κ2) is 3.69. The maximum Gasteiger partial charge on any atom is 0.223 e. The fourth-order valence-corrected chi connectivity index (χ4v) is 2.33. The minimum atomic E-state index is -0.229. The Morgan fingerprint density at radius 1 is 1.54 bits per heavy atom. The van der Waals surface area contributed by atoms with Crippen LogP contribution in [0.2, 0.25) is 0 Å². The van der Waals surface area contributed by atoms with E-state index in [2.05, 4.69) is 13.8 Å². The molecule has 0 aromatic heterocycles. The van der Waals surface area contributed by atoms with E-state index in [1.54, 1.807) is 0 Å². The van der Waals surface area contributed by atoms with Crippen molar-refractivity contribution in [3.05, 3.63) is 0 Å². The summed E-state index contributed by atoms with van der Waals surface area (Å²) in [6.07, 6.45) is 4.38. The molecule has 0 saturated heterocycles. The average molecular weight is 183 g/mol. The molecule has 2 unspecified atom stereocenters. The molecule has 1 fully saturated rings. The first-order valence-electron chi connectivity index (χ1n) is 5.25. The lowest BCUT2D eigenvalue weighted by Gasteiger charge is -2.37. The van der Waals surface area contributed by atoms with Gasteiger partial charge in [0, 0.05) is 5.41 Å². The molecule has 0 heterocycles. The number of hydrogen-bond donors (Lipinski definition) is 1. The van der Waals surface area contributed by atoms with Gasteiger partial charge < -0.3 is 5.73 Å². The third-order valence-corrected chi connectivity index (χ3v) is 3.55. The minimum Gasteiger partial charge on any atom is -0.369 e. The summed E-state index contributed by atoms with van der Waals surface area (Å²) in [6.45, 7) is 6.48. The molecule has 1 aliphatic carbocycles. The molecule has 2 heteroatoms. The Bertz CT molecular complexity index is 200. The Morgan fingerprint density at radius 3 is 2.62 bits per heavy atom. The summed E-state index contributed by atoms with van der Waals surface area (Å²) in [4.78, 5) is 11.3. The second-order valence-electron chi connectivity index (χ2n) is 5.03. The molecule has 0 spiro atoms. The molecule has 0 bridgehead atoms. The fraction of sp³-hybridized carbons (Fsp3) is 0.909. The van der Waals surface area contributed by atoms with Crippen LogP contribution in [-0.4, -0.2) is 5.91 Å². The SMILES string of the molecule is CC(C)C1CCCC(C)(C(N)=O)C1. The fourth-order valence-electron chi connectivity index (χ4n) is 2.33. The maximum atomic E-state index is 11.3. The molecule has 76 valence electrons. The van der Waals surface area contributed by atoms with E-state index in [4.69, 9.17) is 5.73 Å². The maximum absolute atomic E-state index is 11.3. The number of amides is 1. The standard InChI is InChI=1S/C11H21NO/c1-8(2)9-5-4-6-11(3,7-9)10(12)13/h8-9H,4-7H2,1-3H3,(H2,12,13). The lowest BCUT2D eigenvalue weighted by Crippen LogP contribution is -2.39. The molecule has 0 aromatic carbocycles. The van der Waals surface area contributed by atoms with Crippen LogP contribution in [-0.2, 0) is 4.79 Å². The lowest BCUT2D eigenvalue weighted by atomic mass is 9.67. The lowest BCUT2D eigenvalue weighted by molar-refractivity contribution is -0.129. The molecule has 13 heavy (non-hydrogen) atoms. The van der Waals surface area contributed by atoms with Gasteiger partial charge in [-0.05, 0) is 24.7 Å². The van der Waals surface area contributed by atoms with Crippen molar-refractivity contribution in [3.63, 3.8) is 0 Å². The Kier molecular flexibility index (Phi) is 2.99. The van der Waals surface area contributed by atoms with Gasteiger partial charge in [0.15, 0.2) is 0 Å². The molecule has 1 saturated carbocycles. The Hall–Kier alpha value is -0.530.